The molecule has 0 saturated heterocycles. The van der Waals surface area contributed by atoms with E-state index in [1.807, 2.05) is 37.3 Å². The first-order valence-electron chi connectivity index (χ1n) is 4.84. The Hall–Kier alpha value is -1.85. The van der Waals surface area contributed by atoms with E-state index < -0.39 is 0 Å². The van der Waals surface area contributed by atoms with Gasteiger partial charge in [0.05, 0.1) is 5.56 Å². The molecule has 2 nitrogen and oxygen atoms in total. The molecule has 0 aliphatic carbocycles. The van der Waals surface area contributed by atoms with Crippen molar-refractivity contribution < 1.29 is 0 Å². The molecule has 2 aromatic rings. The SMILES string of the molecule is Cc1cnc(Cl)c(C#N)c1-c1ccccc1. The van der Waals surface area contributed by atoms with E-state index in [9.17, 15) is 0 Å². The van der Waals surface area contributed by atoms with Crippen LogP contribution in [-0.4, -0.2) is 4.98 Å². The van der Waals surface area contributed by atoms with Crippen molar-refractivity contribution in [1.82, 2.24) is 4.98 Å². The van der Waals surface area contributed by atoms with Gasteiger partial charge < -0.3 is 0 Å². The number of aryl methyl sites for hydroxylation is 1. The van der Waals surface area contributed by atoms with Gasteiger partial charge in [0.15, 0.2) is 0 Å². The van der Waals surface area contributed by atoms with Gasteiger partial charge >= 0.3 is 0 Å². The van der Waals surface area contributed by atoms with E-state index in [-0.39, 0.29) is 5.15 Å². The van der Waals surface area contributed by atoms with Crippen LogP contribution in [0.3, 0.4) is 0 Å². The summed E-state index contributed by atoms with van der Waals surface area (Å²) >= 11 is 5.92. The quantitative estimate of drug-likeness (QED) is 0.700. The van der Waals surface area contributed by atoms with Gasteiger partial charge in [-0.05, 0) is 18.1 Å². The van der Waals surface area contributed by atoms with Crippen molar-refractivity contribution in [2.45, 2.75) is 6.92 Å². The smallest absolute Gasteiger partial charge is 0.147 e. The Morgan fingerprint density at radius 1 is 1.25 bits per heavy atom. The fourth-order valence-electron chi connectivity index (χ4n) is 1.66. The standard InChI is InChI=1S/C13H9ClN2/c1-9-8-16-13(14)11(7-15)12(9)10-5-3-2-4-6-10/h2-6,8H,1H3. The molecule has 1 aromatic carbocycles. The summed E-state index contributed by atoms with van der Waals surface area (Å²) < 4.78 is 0. The highest BCUT2D eigenvalue weighted by Gasteiger charge is 2.12. The number of nitriles is 1. The molecule has 0 aliphatic heterocycles. The largest absolute Gasteiger partial charge is 0.243 e. The van der Waals surface area contributed by atoms with Gasteiger partial charge in [-0.25, -0.2) is 4.98 Å². The van der Waals surface area contributed by atoms with Gasteiger partial charge in [-0.1, -0.05) is 41.9 Å². The molecule has 78 valence electrons. The molecule has 0 bridgehead atoms. The Morgan fingerprint density at radius 3 is 2.56 bits per heavy atom. The maximum absolute atomic E-state index is 9.11. The normalized spacial score (nSPS) is 9.81. The second kappa shape index (κ2) is 4.34. The summed E-state index contributed by atoms with van der Waals surface area (Å²) in [5.74, 6) is 0. The predicted molar refractivity (Wildman–Crippen MR) is 64.1 cm³/mol. The van der Waals surface area contributed by atoms with Crippen LogP contribution < -0.4 is 0 Å². The molecule has 0 atom stereocenters. The lowest BCUT2D eigenvalue weighted by atomic mass is 9.98. The molecule has 0 aliphatic rings. The van der Waals surface area contributed by atoms with Gasteiger partial charge in [-0.15, -0.1) is 0 Å². The lowest BCUT2D eigenvalue weighted by Crippen LogP contribution is -1.92. The van der Waals surface area contributed by atoms with Crippen LogP contribution in [0.5, 0.6) is 0 Å². The van der Waals surface area contributed by atoms with Crippen molar-refractivity contribution in [3.8, 4) is 17.2 Å². The fraction of sp³-hybridized carbons (Fsp3) is 0.0769. The average molecular weight is 229 g/mol. The third-order valence-corrected chi connectivity index (χ3v) is 2.68. The average Bonchev–Trinajstić information content (AvgIpc) is 2.33. The monoisotopic (exact) mass is 228 g/mol. The van der Waals surface area contributed by atoms with Gasteiger partial charge in [0.1, 0.15) is 11.2 Å². The molecule has 0 N–H and O–H groups in total. The number of nitrogens with zero attached hydrogens (tertiary/aromatic N) is 2. The number of benzene rings is 1. The second-order valence-corrected chi connectivity index (χ2v) is 3.82. The van der Waals surface area contributed by atoms with Crippen LogP contribution in [-0.2, 0) is 0 Å². The van der Waals surface area contributed by atoms with Crippen molar-refractivity contribution in [2.75, 3.05) is 0 Å². The highest BCUT2D eigenvalue weighted by molar-refractivity contribution is 6.31. The summed E-state index contributed by atoms with van der Waals surface area (Å²) in [6.45, 7) is 1.92. The summed E-state index contributed by atoms with van der Waals surface area (Å²) in [6, 6.07) is 11.8. The molecule has 3 heteroatoms. The summed E-state index contributed by atoms with van der Waals surface area (Å²) in [7, 11) is 0. The van der Waals surface area contributed by atoms with E-state index in [1.54, 1.807) is 6.20 Å². The zero-order chi connectivity index (χ0) is 11.5. The van der Waals surface area contributed by atoms with Crippen molar-refractivity contribution in [3.63, 3.8) is 0 Å². The van der Waals surface area contributed by atoms with Crippen molar-refractivity contribution in [3.05, 3.63) is 52.8 Å². The van der Waals surface area contributed by atoms with Gasteiger partial charge in [0.2, 0.25) is 0 Å². The Balaban J connectivity index is 2.75. The zero-order valence-corrected chi connectivity index (χ0v) is 9.49. The van der Waals surface area contributed by atoms with Gasteiger partial charge in [-0.3, -0.25) is 0 Å². The Labute approximate surface area is 99.1 Å². The maximum atomic E-state index is 9.11. The summed E-state index contributed by atoms with van der Waals surface area (Å²) in [6.07, 6.45) is 1.69. The molecular formula is C13H9ClN2. The van der Waals surface area contributed by atoms with Gasteiger partial charge in [-0.2, -0.15) is 5.26 Å². The minimum atomic E-state index is 0.256. The molecule has 0 amide bonds. The summed E-state index contributed by atoms with van der Waals surface area (Å²) in [5.41, 5.74) is 3.24. The third-order valence-electron chi connectivity index (χ3n) is 2.40. The molecule has 0 radical (unpaired) electrons. The van der Waals surface area contributed by atoms with Crippen LogP contribution in [0.15, 0.2) is 36.5 Å². The molecule has 1 heterocycles. The highest BCUT2D eigenvalue weighted by Crippen LogP contribution is 2.29. The number of pyridine rings is 1. The Bertz CT molecular complexity index is 556. The van der Waals surface area contributed by atoms with E-state index in [2.05, 4.69) is 11.1 Å². The van der Waals surface area contributed by atoms with E-state index in [1.165, 1.54) is 0 Å². The predicted octanol–water partition coefficient (Wildman–Crippen LogP) is 3.58. The minimum absolute atomic E-state index is 0.256. The number of hydrogen-bond acceptors (Lipinski definition) is 2. The summed E-state index contributed by atoms with van der Waals surface area (Å²) in [5, 5.41) is 9.37. The van der Waals surface area contributed by atoms with Crippen molar-refractivity contribution in [1.29, 1.82) is 5.26 Å². The number of aromatic nitrogens is 1. The van der Waals surface area contributed by atoms with Crippen molar-refractivity contribution in [2.24, 2.45) is 0 Å². The molecule has 0 unspecified atom stereocenters. The van der Waals surface area contributed by atoms with E-state index in [0.29, 0.717) is 5.56 Å². The van der Waals surface area contributed by atoms with Gasteiger partial charge in [0.25, 0.3) is 0 Å². The van der Waals surface area contributed by atoms with Crippen LogP contribution in [0, 0.1) is 18.3 Å². The summed E-state index contributed by atoms with van der Waals surface area (Å²) in [4.78, 5) is 3.98. The number of halogens is 1. The number of hydrogen-bond donors (Lipinski definition) is 0. The second-order valence-electron chi connectivity index (χ2n) is 3.46. The molecule has 0 saturated carbocycles. The molecule has 1 aromatic heterocycles. The van der Waals surface area contributed by atoms with Crippen molar-refractivity contribution >= 4 is 11.6 Å². The highest BCUT2D eigenvalue weighted by atomic mass is 35.5. The van der Waals surface area contributed by atoms with E-state index in [0.717, 1.165) is 16.7 Å². The van der Waals surface area contributed by atoms with E-state index in [4.69, 9.17) is 16.9 Å². The van der Waals surface area contributed by atoms with Crippen LogP contribution in [0.4, 0.5) is 0 Å². The first-order valence-corrected chi connectivity index (χ1v) is 5.22. The first-order chi connectivity index (χ1) is 7.74. The minimum Gasteiger partial charge on any atom is -0.243 e. The third kappa shape index (κ3) is 1.78. The lowest BCUT2D eigenvalue weighted by molar-refractivity contribution is 1.25. The Morgan fingerprint density at radius 2 is 1.94 bits per heavy atom. The van der Waals surface area contributed by atoms with Crippen LogP contribution >= 0.6 is 11.6 Å². The fourth-order valence-corrected chi connectivity index (χ4v) is 1.85. The van der Waals surface area contributed by atoms with Crippen LogP contribution in [0.1, 0.15) is 11.1 Å². The topological polar surface area (TPSA) is 36.7 Å². The molecular weight excluding hydrogens is 220 g/mol. The molecule has 2 rings (SSSR count). The molecule has 0 fully saturated rings. The van der Waals surface area contributed by atoms with Crippen LogP contribution in [0.25, 0.3) is 11.1 Å². The zero-order valence-electron chi connectivity index (χ0n) is 8.74. The first kappa shape index (κ1) is 10.7. The van der Waals surface area contributed by atoms with Gasteiger partial charge in [0, 0.05) is 11.8 Å². The maximum Gasteiger partial charge on any atom is 0.147 e. The van der Waals surface area contributed by atoms with Crippen LogP contribution in [0.2, 0.25) is 5.15 Å². The molecule has 0 spiro atoms. The lowest BCUT2D eigenvalue weighted by Gasteiger charge is -2.08. The molecule has 16 heavy (non-hydrogen) atoms. The number of rotatable bonds is 1. The van der Waals surface area contributed by atoms with E-state index >= 15 is 0 Å². The Kier molecular flexibility index (Phi) is 2.89.